The van der Waals surface area contributed by atoms with Crippen molar-refractivity contribution >= 4 is 20.1 Å². The van der Waals surface area contributed by atoms with E-state index in [-0.39, 0.29) is 29.8 Å². The van der Waals surface area contributed by atoms with Gasteiger partial charge in [-0.3, -0.25) is 9.59 Å². The third-order valence-electron chi connectivity index (χ3n) is 6.07. The highest BCUT2D eigenvalue weighted by atomic mass is 28.4. The van der Waals surface area contributed by atoms with Crippen LogP contribution in [0.25, 0.3) is 0 Å². The van der Waals surface area contributed by atoms with E-state index in [9.17, 15) is 9.59 Å². The zero-order valence-electron chi connectivity index (χ0n) is 17.5. The summed E-state index contributed by atoms with van der Waals surface area (Å²) in [6, 6.07) is 7.19. The fourth-order valence-corrected chi connectivity index (χ4v) is 4.88. The molecular weight excluding hydrogens is 360 g/mol. The Morgan fingerprint density at radius 1 is 1.19 bits per heavy atom. The number of ketones is 1. The van der Waals surface area contributed by atoms with Crippen molar-refractivity contribution < 1.29 is 23.5 Å². The molecule has 2 atom stereocenters. The number of hydrogen-bond acceptors (Lipinski definition) is 5. The topological polar surface area (TPSA) is 61.8 Å². The second-order valence-corrected chi connectivity index (χ2v) is 13.5. The van der Waals surface area contributed by atoms with E-state index in [0.717, 1.165) is 0 Å². The largest absolute Gasteiger partial charge is 0.496 e. The molecule has 0 bridgehead atoms. The number of carbonyl (C=O) groups is 2. The summed E-state index contributed by atoms with van der Waals surface area (Å²) in [5, 5.41) is 0.0484. The van der Waals surface area contributed by atoms with Gasteiger partial charge in [0.15, 0.2) is 19.5 Å². The summed E-state index contributed by atoms with van der Waals surface area (Å²) in [6.07, 6.45) is 1.02. The molecule has 1 fully saturated rings. The van der Waals surface area contributed by atoms with Crippen molar-refractivity contribution in [3.8, 4) is 5.75 Å². The maximum absolute atomic E-state index is 13.1. The van der Waals surface area contributed by atoms with Crippen LogP contribution in [0.1, 0.15) is 45.6 Å². The third-order valence-corrected chi connectivity index (χ3v) is 10.6. The summed E-state index contributed by atoms with van der Waals surface area (Å²) >= 11 is 0. The van der Waals surface area contributed by atoms with Gasteiger partial charge < -0.3 is 13.9 Å². The molecule has 0 amide bonds. The summed E-state index contributed by atoms with van der Waals surface area (Å²) in [7, 11) is 0.828. The van der Waals surface area contributed by atoms with Crippen LogP contribution in [0.4, 0.5) is 0 Å². The van der Waals surface area contributed by atoms with E-state index < -0.39 is 19.7 Å². The fourth-order valence-electron chi connectivity index (χ4n) is 3.50. The number of hydrogen-bond donors (Lipinski definition) is 0. The van der Waals surface area contributed by atoms with Gasteiger partial charge in [-0.05, 0) is 37.0 Å². The van der Waals surface area contributed by atoms with Gasteiger partial charge >= 0.3 is 5.97 Å². The predicted octanol–water partition coefficient (Wildman–Crippen LogP) is 4.25. The summed E-state index contributed by atoms with van der Waals surface area (Å²) in [6.45, 7) is 10.9. The summed E-state index contributed by atoms with van der Waals surface area (Å²) in [5.74, 6) is -0.154. The Morgan fingerprint density at radius 3 is 2.37 bits per heavy atom. The van der Waals surface area contributed by atoms with E-state index in [2.05, 4.69) is 33.9 Å². The number of methoxy groups -OCH3 is 2. The number of para-hydroxylation sites is 1. The van der Waals surface area contributed by atoms with Crippen molar-refractivity contribution in [3.05, 3.63) is 29.8 Å². The summed E-state index contributed by atoms with van der Waals surface area (Å²) in [4.78, 5) is 26.0. The second-order valence-electron chi connectivity index (χ2n) is 8.76. The normalized spacial score (nSPS) is 23.8. The number of Topliss-reactive ketones (excluding diaryl/α,β-unsaturated/α-hetero) is 1. The van der Waals surface area contributed by atoms with Crippen molar-refractivity contribution in [3.63, 3.8) is 0 Å². The van der Waals surface area contributed by atoms with Crippen LogP contribution in [-0.4, -0.2) is 40.4 Å². The van der Waals surface area contributed by atoms with Gasteiger partial charge in [-0.2, -0.15) is 0 Å². The molecule has 0 unspecified atom stereocenters. The molecule has 5 nitrogen and oxygen atoms in total. The van der Waals surface area contributed by atoms with E-state index in [0.29, 0.717) is 17.7 Å². The zero-order chi connectivity index (χ0) is 20.5. The van der Waals surface area contributed by atoms with Crippen LogP contribution in [0, 0.1) is 0 Å². The van der Waals surface area contributed by atoms with Crippen molar-refractivity contribution in [2.75, 3.05) is 14.2 Å². The SMILES string of the molecule is COC(=O)[C@@]1(c2ccccc2OC)C[C@@H](O[Si](C)(C)C(C)(C)C)CCC1=O. The van der Waals surface area contributed by atoms with Crippen molar-refractivity contribution in [2.24, 2.45) is 0 Å². The molecule has 0 spiro atoms. The molecule has 0 radical (unpaired) electrons. The highest BCUT2D eigenvalue weighted by Crippen LogP contribution is 2.45. The van der Waals surface area contributed by atoms with E-state index in [4.69, 9.17) is 13.9 Å². The van der Waals surface area contributed by atoms with Crippen LogP contribution in [0.2, 0.25) is 18.1 Å². The van der Waals surface area contributed by atoms with Gasteiger partial charge in [-0.15, -0.1) is 0 Å². The highest BCUT2D eigenvalue weighted by Gasteiger charge is 2.54. The van der Waals surface area contributed by atoms with Crippen LogP contribution in [0.15, 0.2) is 24.3 Å². The van der Waals surface area contributed by atoms with Crippen LogP contribution < -0.4 is 4.74 Å². The third kappa shape index (κ3) is 3.97. The zero-order valence-corrected chi connectivity index (χ0v) is 18.5. The Balaban J connectivity index is 2.50. The average molecular weight is 393 g/mol. The van der Waals surface area contributed by atoms with Gasteiger partial charge in [-0.25, -0.2) is 0 Å². The molecule has 1 saturated carbocycles. The first-order valence-electron chi connectivity index (χ1n) is 9.42. The lowest BCUT2D eigenvalue weighted by Crippen LogP contribution is -2.53. The quantitative estimate of drug-likeness (QED) is 0.426. The summed E-state index contributed by atoms with van der Waals surface area (Å²) < 4.78 is 17.1. The van der Waals surface area contributed by atoms with Crippen molar-refractivity contribution in [1.29, 1.82) is 0 Å². The molecule has 1 aliphatic carbocycles. The lowest BCUT2D eigenvalue weighted by Gasteiger charge is -2.44. The molecule has 27 heavy (non-hydrogen) atoms. The predicted molar refractivity (Wildman–Crippen MR) is 108 cm³/mol. The first kappa shape index (κ1) is 21.6. The molecule has 0 N–H and O–H groups in total. The first-order chi connectivity index (χ1) is 12.5. The van der Waals surface area contributed by atoms with E-state index in [1.165, 1.54) is 7.11 Å². The van der Waals surface area contributed by atoms with Crippen LogP contribution in [-0.2, 0) is 24.2 Å². The minimum Gasteiger partial charge on any atom is -0.496 e. The molecule has 1 aliphatic rings. The maximum Gasteiger partial charge on any atom is 0.324 e. The Bertz CT molecular complexity index is 697. The summed E-state index contributed by atoms with van der Waals surface area (Å²) in [5.41, 5.74) is -0.819. The Hall–Kier alpha value is -1.66. The molecule has 0 saturated heterocycles. The van der Waals surface area contributed by atoms with E-state index in [1.54, 1.807) is 19.2 Å². The molecule has 0 heterocycles. The fraction of sp³-hybridized carbons (Fsp3) is 0.619. The Kier molecular flexibility index (Phi) is 6.22. The molecule has 0 aromatic heterocycles. The number of benzene rings is 1. The minimum absolute atomic E-state index is 0.0484. The van der Waals surface area contributed by atoms with Crippen molar-refractivity contribution in [2.45, 2.75) is 69.7 Å². The second kappa shape index (κ2) is 7.76. The first-order valence-corrected chi connectivity index (χ1v) is 12.3. The molecule has 1 aromatic rings. The molecule has 1 aromatic carbocycles. The average Bonchev–Trinajstić information content (AvgIpc) is 2.61. The number of ether oxygens (including phenoxy) is 2. The Labute approximate surface area is 163 Å². The molecular formula is C21H32O5Si. The lowest BCUT2D eigenvalue weighted by atomic mass is 9.67. The van der Waals surface area contributed by atoms with Gasteiger partial charge in [0, 0.05) is 18.1 Å². The van der Waals surface area contributed by atoms with Gasteiger partial charge in [-0.1, -0.05) is 39.0 Å². The van der Waals surface area contributed by atoms with Crippen LogP contribution in [0.5, 0.6) is 5.75 Å². The number of carbonyl (C=O) groups excluding carboxylic acids is 2. The molecule has 0 aliphatic heterocycles. The molecule has 150 valence electrons. The van der Waals surface area contributed by atoms with E-state index >= 15 is 0 Å². The van der Waals surface area contributed by atoms with E-state index in [1.807, 2.05) is 12.1 Å². The minimum atomic E-state index is -2.04. The van der Waals surface area contributed by atoms with Crippen LogP contribution in [0.3, 0.4) is 0 Å². The van der Waals surface area contributed by atoms with Gasteiger partial charge in [0.25, 0.3) is 0 Å². The van der Waals surface area contributed by atoms with Gasteiger partial charge in [0.2, 0.25) is 0 Å². The number of esters is 1. The lowest BCUT2D eigenvalue weighted by molar-refractivity contribution is -0.155. The standard InChI is InChI=1S/C21H32O5Si/c1-20(2,3)27(6,7)26-15-12-13-18(22)21(14-15,19(23)25-5)16-10-8-9-11-17(16)24-4/h8-11,15H,12-14H2,1-7H3/t15-,21+/m0/s1. The van der Waals surface area contributed by atoms with Gasteiger partial charge in [0.1, 0.15) is 5.75 Å². The van der Waals surface area contributed by atoms with Crippen molar-refractivity contribution in [1.82, 2.24) is 0 Å². The maximum atomic E-state index is 13.1. The number of rotatable bonds is 5. The molecule has 2 rings (SSSR count). The smallest absolute Gasteiger partial charge is 0.324 e. The van der Waals surface area contributed by atoms with Gasteiger partial charge in [0.05, 0.1) is 14.2 Å². The highest BCUT2D eigenvalue weighted by molar-refractivity contribution is 6.74. The monoisotopic (exact) mass is 392 g/mol. The Morgan fingerprint density at radius 2 is 1.81 bits per heavy atom. The molecule has 6 heteroatoms. The van der Waals surface area contributed by atoms with Crippen LogP contribution >= 0.6 is 0 Å².